The van der Waals surface area contributed by atoms with Crippen molar-refractivity contribution in [2.24, 2.45) is 11.8 Å². The van der Waals surface area contributed by atoms with Gasteiger partial charge in [-0.1, -0.05) is 81.9 Å². The summed E-state index contributed by atoms with van der Waals surface area (Å²) in [6.07, 6.45) is 0. The molecule has 9 heteroatoms. The second-order valence-corrected chi connectivity index (χ2v) is 10.5. The monoisotopic (exact) mass is 611 g/mol. The fraction of sp³-hybridized carbons (Fsp3) is 0.412. The van der Waals surface area contributed by atoms with Crippen LogP contribution in [0.3, 0.4) is 0 Å². The molecular weight excluding hydrogens is 602 g/mol. The van der Waals surface area contributed by atoms with E-state index >= 15 is 0 Å². The molecule has 0 N–H and O–H groups in total. The molecule has 3 aliphatic rings. The zero-order valence-electron chi connectivity index (χ0n) is 13.6. The van der Waals surface area contributed by atoms with E-state index in [1.54, 1.807) is 24.3 Å². The van der Waals surface area contributed by atoms with Crippen LogP contribution in [0.2, 0.25) is 0 Å². The highest BCUT2D eigenvalue weighted by molar-refractivity contribution is 9.16. The predicted octanol–water partition coefficient (Wildman–Crippen LogP) is 4.08. The van der Waals surface area contributed by atoms with E-state index in [4.69, 9.17) is 9.47 Å². The first kappa shape index (κ1) is 19.3. The lowest BCUT2D eigenvalue weighted by molar-refractivity contribution is -0.215. The number of anilines is 1. The normalized spacial score (nSPS) is 37.7. The third-order valence-electron chi connectivity index (χ3n) is 5.54. The molecule has 0 spiro atoms. The minimum atomic E-state index is -1.29. The van der Waals surface area contributed by atoms with Crippen LogP contribution in [-0.2, 0) is 19.1 Å². The molecule has 1 aliphatic heterocycles. The summed E-state index contributed by atoms with van der Waals surface area (Å²) in [5.41, 5.74) is 0.552. The summed E-state index contributed by atoms with van der Waals surface area (Å²) in [6.45, 7) is 0. The number of amides is 2. The van der Waals surface area contributed by atoms with Gasteiger partial charge in [0.05, 0.1) is 17.5 Å². The van der Waals surface area contributed by atoms with E-state index in [0.29, 0.717) is 14.7 Å². The van der Waals surface area contributed by atoms with Crippen molar-refractivity contribution in [2.45, 2.75) is 14.4 Å². The maximum Gasteiger partial charge on any atom is 0.239 e. The number of alkyl halides is 2. The van der Waals surface area contributed by atoms with Crippen molar-refractivity contribution < 1.29 is 19.1 Å². The number of hydrogen-bond acceptors (Lipinski definition) is 4. The van der Waals surface area contributed by atoms with Gasteiger partial charge in [-0.3, -0.25) is 9.59 Å². The average Bonchev–Trinajstić information content (AvgIpc) is 3.06. The number of para-hydroxylation sites is 1. The molecule has 0 aromatic heterocycles. The molecule has 1 aromatic rings. The summed E-state index contributed by atoms with van der Waals surface area (Å²) in [6, 6.07) is 8.93. The summed E-state index contributed by atoms with van der Waals surface area (Å²) in [7, 11) is 3.01. The van der Waals surface area contributed by atoms with Gasteiger partial charge >= 0.3 is 0 Å². The molecule has 4 rings (SSSR count). The number of methoxy groups -OCH3 is 2. The lowest BCUT2D eigenvalue weighted by Gasteiger charge is -2.43. The Balaban J connectivity index is 1.95. The van der Waals surface area contributed by atoms with Gasteiger partial charge in [0.15, 0.2) is 0 Å². The third-order valence-corrected chi connectivity index (χ3v) is 12.0. The summed E-state index contributed by atoms with van der Waals surface area (Å²) in [4.78, 5) is 28.0. The van der Waals surface area contributed by atoms with Gasteiger partial charge in [-0.25, -0.2) is 4.90 Å². The molecule has 1 saturated heterocycles. The van der Waals surface area contributed by atoms with Crippen molar-refractivity contribution in [1.29, 1.82) is 0 Å². The zero-order chi connectivity index (χ0) is 19.1. The number of carbonyl (C=O) groups is 2. The Morgan fingerprint density at radius 3 is 1.69 bits per heavy atom. The molecule has 1 aromatic carbocycles. The van der Waals surface area contributed by atoms with Gasteiger partial charge in [-0.15, -0.1) is 0 Å². The quantitative estimate of drug-likeness (QED) is 0.293. The second kappa shape index (κ2) is 5.97. The van der Waals surface area contributed by atoms with Crippen LogP contribution in [-0.4, -0.2) is 40.5 Å². The number of ether oxygens (including phenoxy) is 2. The highest BCUT2D eigenvalue weighted by Crippen LogP contribution is 2.77. The molecule has 4 unspecified atom stereocenters. The van der Waals surface area contributed by atoms with Crippen LogP contribution in [0.15, 0.2) is 39.3 Å². The smallest absolute Gasteiger partial charge is 0.239 e. The predicted molar refractivity (Wildman–Crippen MR) is 111 cm³/mol. The molecule has 0 radical (unpaired) electrons. The van der Waals surface area contributed by atoms with E-state index in [0.717, 1.165) is 0 Å². The molecule has 1 saturated carbocycles. The minimum absolute atomic E-state index is 0.292. The Hall–Kier alpha value is -0.0600. The highest BCUT2D eigenvalue weighted by Gasteiger charge is 2.88. The van der Waals surface area contributed by atoms with E-state index in [9.17, 15) is 9.59 Å². The van der Waals surface area contributed by atoms with E-state index in [1.165, 1.54) is 19.1 Å². The molecule has 138 valence electrons. The van der Waals surface area contributed by atoms with E-state index in [2.05, 4.69) is 63.7 Å². The van der Waals surface area contributed by atoms with Gasteiger partial charge in [-0.2, -0.15) is 0 Å². The van der Waals surface area contributed by atoms with Crippen molar-refractivity contribution >= 4 is 81.2 Å². The summed E-state index contributed by atoms with van der Waals surface area (Å²) >= 11 is 14.6. The highest BCUT2D eigenvalue weighted by atomic mass is 79.9. The molecule has 5 nitrogen and oxygen atoms in total. The van der Waals surface area contributed by atoms with Crippen molar-refractivity contribution in [3.8, 4) is 0 Å². The topological polar surface area (TPSA) is 55.8 Å². The van der Waals surface area contributed by atoms with Crippen LogP contribution in [0.4, 0.5) is 5.69 Å². The third kappa shape index (κ3) is 1.79. The molecule has 2 bridgehead atoms. The summed E-state index contributed by atoms with van der Waals surface area (Å²) in [5, 5.41) is 0. The number of nitrogens with zero attached hydrogens (tertiary/aromatic N) is 1. The Bertz CT molecular complexity index is 810. The number of imide groups is 1. The number of hydrogen-bond donors (Lipinski definition) is 0. The van der Waals surface area contributed by atoms with Crippen LogP contribution >= 0.6 is 63.7 Å². The fourth-order valence-electron chi connectivity index (χ4n) is 4.54. The van der Waals surface area contributed by atoms with Crippen molar-refractivity contribution in [2.75, 3.05) is 19.1 Å². The fourth-order valence-corrected chi connectivity index (χ4v) is 9.56. The maximum atomic E-state index is 13.4. The number of benzene rings is 1. The van der Waals surface area contributed by atoms with Crippen molar-refractivity contribution in [1.82, 2.24) is 0 Å². The average molecular weight is 615 g/mol. The van der Waals surface area contributed by atoms with Gasteiger partial charge < -0.3 is 9.47 Å². The Morgan fingerprint density at radius 2 is 1.31 bits per heavy atom. The molecule has 26 heavy (non-hydrogen) atoms. The number of rotatable bonds is 3. The molecule has 1 heterocycles. The molecule has 2 aliphatic carbocycles. The minimum Gasteiger partial charge on any atom is -0.350 e. The largest absolute Gasteiger partial charge is 0.350 e. The van der Waals surface area contributed by atoms with Crippen LogP contribution in [0.1, 0.15) is 0 Å². The van der Waals surface area contributed by atoms with E-state index in [1.807, 2.05) is 6.07 Å². The molecule has 4 atom stereocenters. The van der Waals surface area contributed by atoms with Gasteiger partial charge in [0.25, 0.3) is 0 Å². The molecule has 2 fully saturated rings. The van der Waals surface area contributed by atoms with Gasteiger partial charge in [0.1, 0.15) is 8.65 Å². The van der Waals surface area contributed by atoms with Gasteiger partial charge in [0, 0.05) is 23.2 Å². The molecular formula is C17H13Br4NO4. The van der Waals surface area contributed by atoms with Crippen molar-refractivity contribution in [3.05, 3.63) is 39.3 Å². The summed E-state index contributed by atoms with van der Waals surface area (Å²) < 4.78 is 10.9. The Morgan fingerprint density at radius 1 is 0.885 bits per heavy atom. The lowest BCUT2D eigenvalue weighted by atomic mass is 9.85. The van der Waals surface area contributed by atoms with Crippen molar-refractivity contribution in [3.63, 3.8) is 0 Å². The van der Waals surface area contributed by atoms with Crippen LogP contribution in [0, 0.1) is 11.8 Å². The van der Waals surface area contributed by atoms with Gasteiger partial charge in [-0.05, 0) is 12.1 Å². The van der Waals surface area contributed by atoms with Crippen LogP contribution < -0.4 is 4.90 Å². The first-order valence-electron chi connectivity index (χ1n) is 7.71. The van der Waals surface area contributed by atoms with E-state index in [-0.39, 0.29) is 11.8 Å². The number of halogens is 4. The zero-order valence-corrected chi connectivity index (χ0v) is 20.0. The SMILES string of the molecule is COC1(OC)C2(Br)C(Br)=C(Br)C1(Br)C1C(=O)N(c3ccccc3)C(=O)C12. The molecule has 2 amide bonds. The van der Waals surface area contributed by atoms with Crippen LogP contribution in [0.25, 0.3) is 0 Å². The Labute approximate surface area is 184 Å². The number of fused-ring (bicyclic) bond motifs is 5. The first-order valence-corrected chi connectivity index (χ1v) is 10.9. The first-order chi connectivity index (χ1) is 12.2. The Kier molecular flexibility index (Phi) is 4.42. The lowest BCUT2D eigenvalue weighted by Crippen LogP contribution is -2.59. The van der Waals surface area contributed by atoms with E-state index < -0.39 is 26.3 Å². The maximum absolute atomic E-state index is 13.4. The number of carbonyl (C=O) groups excluding carboxylic acids is 2. The summed E-state index contributed by atoms with van der Waals surface area (Å²) in [5.74, 6) is -3.28. The second-order valence-electron chi connectivity index (χ2n) is 6.38. The van der Waals surface area contributed by atoms with Gasteiger partial charge in [0.2, 0.25) is 17.6 Å². The standard InChI is InChI=1S/C17H13Br4NO4/c1-25-17(26-2)15(20)9-10(16(17,21)12(19)11(15)18)14(24)22(13(9)23)8-6-4-3-5-7-8/h3-7,9-10H,1-2H3. The van der Waals surface area contributed by atoms with Crippen LogP contribution in [0.5, 0.6) is 0 Å².